The lowest BCUT2D eigenvalue weighted by Crippen LogP contribution is -2.05. The van der Waals surface area contributed by atoms with Gasteiger partial charge < -0.3 is 10.4 Å². The zero-order valence-electron chi connectivity index (χ0n) is 8.90. The molecule has 2 N–H and O–H groups in total. The first-order valence-corrected chi connectivity index (χ1v) is 5.79. The van der Waals surface area contributed by atoms with E-state index < -0.39 is 5.97 Å². The molecule has 0 saturated heterocycles. The van der Waals surface area contributed by atoms with Crippen molar-refractivity contribution in [3.8, 4) is 0 Å². The van der Waals surface area contributed by atoms with Gasteiger partial charge in [-0.1, -0.05) is 0 Å². The number of carboxylic acid groups (broad SMARTS) is 1. The molecule has 0 heterocycles. The molecule has 0 fully saturated rings. The molecule has 0 atom stereocenters. The highest BCUT2D eigenvalue weighted by Crippen LogP contribution is 2.20. The van der Waals surface area contributed by atoms with Gasteiger partial charge in [0, 0.05) is 23.3 Å². The molecular weight excluding hydrogens is 226 g/mol. The van der Waals surface area contributed by atoms with Crippen LogP contribution in [0.5, 0.6) is 0 Å². The molecule has 1 rings (SSSR count). The van der Waals surface area contributed by atoms with E-state index in [-0.39, 0.29) is 12.3 Å². The van der Waals surface area contributed by atoms with E-state index in [1.807, 2.05) is 12.1 Å². The zero-order valence-corrected chi connectivity index (χ0v) is 9.71. The molecule has 0 unspecified atom stereocenters. The molecule has 0 saturated carbocycles. The van der Waals surface area contributed by atoms with Gasteiger partial charge in [-0.05, 0) is 24.3 Å². The zero-order chi connectivity index (χ0) is 12.0. The summed E-state index contributed by atoms with van der Waals surface area (Å²) in [5, 5.41) is 11.1. The smallest absolute Gasteiger partial charge is 0.304 e. The third kappa shape index (κ3) is 4.84. The van der Waals surface area contributed by atoms with Crippen LogP contribution in [0.15, 0.2) is 29.2 Å². The number of anilines is 1. The Labute approximate surface area is 98.0 Å². The fraction of sp³-hybridized carbons (Fsp3) is 0.273. The van der Waals surface area contributed by atoms with E-state index in [4.69, 9.17) is 5.11 Å². The maximum Gasteiger partial charge on any atom is 0.304 e. The van der Waals surface area contributed by atoms with Crippen LogP contribution < -0.4 is 5.32 Å². The third-order valence-corrected chi connectivity index (χ3v) is 2.77. The van der Waals surface area contributed by atoms with Crippen molar-refractivity contribution in [1.29, 1.82) is 0 Å². The number of rotatable bonds is 5. The SMILES string of the molecule is CC(=O)Nc1ccc(SCCC(=O)O)cc1. The van der Waals surface area contributed by atoms with Crippen LogP contribution in [0.25, 0.3) is 0 Å². The monoisotopic (exact) mass is 239 g/mol. The van der Waals surface area contributed by atoms with Crippen LogP contribution in [0.3, 0.4) is 0 Å². The summed E-state index contributed by atoms with van der Waals surface area (Å²) in [6.07, 6.45) is 0.151. The Balaban J connectivity index is 2.45. The number of carboxylic acids is 1. The lowest BCUT2D eigenvalue weighted by Gasteiger charge is -2.03. The average Bonchev–Trinajstić information content (AvgIpc) is 2.19. The van der Waals surface area contributed by atoms with Gasteiger partial charge in [-0.3, -0.25) is 9.59 Å². The fourth-order valence-corrected chi connectivity index (χ4v) is 1.93. The number of hydrogen-bond donors (Lipinski definition) is 2. The second kappa shape index (κ2) is 6.17. The van der Waals surface area contributed by atoms with E-state index in [9.17, 15) is 9.59 Å². The minimum atomic E-state index is -0.789. The van der Waals surface area contributed by atoms with Gasteiger partial charge in [-0.15, -0.1) is 11.8 Å². The Morgan fingerprint density at radius 2 is 1.94 bits per heavy atom. The van der Waals surface area contributed by atoms with Gasteiger partial charge in [0.1, 0.15) is 0 Å². The predicted octanol–water partition coefficient (Wildman–Crippen LogP) is 2.21. The summed E-state index contributed by atoms with van der Waals surface area (Å²) in [6, 6.07) is 7.31. The standard InChI is InChI=1S/C11H13NO3S/c1-8(13)12-9-2-4-10(5-3-9)16-7-6-11(14)15/h2-5H,6-7H2,1H3,(H,12,13)(H,14,15). The Bertz CT molecular complexity index is 375. The first-order valence-electron chi connectivity index (χ1n) is 4.80. The number of benzene rings is 1. The third-order valence-electron chi connectivity index (χ3n) is 1.76. The Morgan fingerprint density at radius 3 is 2.44 bits per heavy atom. The molecule has 5 heteroatoms. The van der Waals surface area contributed by atoms with Gasteiger partial charge in [0.2, 0.25) is 5.91 Å². The quantitative estimate of drug-likeness (QED) is 0.773. The topological polar surface area (TPSA) is 66.4 Å². The minimum absolute atomic E-state index is 0.105. The van der Waals surface area contributed by atoms with Crippen LogP contribution in [0.1, 0.15) is 13.3 Å². The minimum Gasteiger partial charge on any atom is -0.481 e. The highest BCUT2D eigenvalue weighted by molar-refractivity contribution is 7.99. The van der Waals surface area contributed by atoms with Crippen LogP contribution in [-0.4, -0.2) is 22.7 Å². The highest BCUT2D eigenvalue weighted by Gasteiger charge is 1.99. The molecule has 1 aromatic rings. The van der Waals surface area contributed by atoms with Crippen LogP contribution in [0, 0.1) is 0 Å². The van der Waals surface area contributed by atoms with Crippen molar-refractivity contribution < 1.29 is 14.7 Å². The van der Waals surface area contributed by atoms with E-state index in [1.54, 1.807) is 12.1 Å². The van der Waals surface area contributed by atoms with E-state index >= 15 is 0 Å². The van der Waals surface area contributed by atoms with Crippen molar-refractivity contribution in [2.75, 3.05) is 11.1 Å². The summed E-state index contributed by atoms with van der Waals surface area (Å²) >= 11 is 1.48. The highest BCUT2D eigenvalue weighted by atomic mass is 32.2. The molecule has 0 radical (unpaired) electrons. The van der Waals surface area contributed by atoms with E-state index in [0.717, 1.165) is 10.6 Å². The van der Waals surface area contributed by atoms with Crippen LogP contribution >= 0.6 is 11.8 Å². The molecule has 0 spiro atoms. The van der Waals surface area contributed by atoms with Gasteiger partial charge in [0.15, 0.2) is 0 Å². The molecular formula is C11H13NO3S. The maximum atomic E-state index is 10.8. The Hall–Kier alpha value is -1.49. The molecule has 86 valence electrons. The second-order valence-electron chi connectivity index (χ2n) is 3.20. The van der Waals surface area contributed by atoms with Crippen molar-refractivity contribution in [3.63, 3.8) is 0 Å². The normalized spacial score (nSPS) is 9.81. The first kappa shape index (κ1) is 12.6. The molecule has 0 bridgehead atoms. The van der Waals surface area contributed by atoms with Gasteiger partial charge in [-0.25, -0.2) is 0 Å². The summed E-state index contributed by atoms with van der Waals surface area (Å²) in [6.45, 7) is 1.45. The number of amides is 1. The van der Waals surface area contributed by atoms with Crippen LogP contribution in [0.4, 0.5) is 5.69 Å². The molecule has 0 aliphatic rings. The maximum absolute atomic E-state index is 10.8. The molecule has 1 aromatic carbocycles. The molecule has 16 heavy (non-hydrogen) atoms. The van der Waals surface area contributed by atoms with E-state index in [2.05, 4.69) is 5.32 Å². The van der Waals surface area contributed by atoms with Crippen molar-refractivity contribution >= 4 is 29.3 Å². The number of aliphatic carboxylic acids is 1. The molecule has 0 aliphatic carbocycles. The van der Waals surface area contributed by atoms with Crippen LogP contribution in [0.2, 0.25) is 0 Å². The second-order valence-corrected chi connectivity index (χ2v) is 4.37. The van der Waals surface area contributed by atoms with Crippen molar-refractivity contribution in [2.45, 2.75) is 18.2 Å². The summed E-state index contributed by atoms with van der Waals surface area (Å²) in [5.74, 6) is -0.344. The van der Waals surface area contributed by atoms with Crippen molar-refractivity contribution in [2.24, 2.45) is 0 Å². The Morgan fingerprint density at radius 1 is 1.31 bits per heavy atom. The molecule has 0 aromatic heterocycles. The number of carbonyl (C=O) groups excluding carboxylic acids is 1. The average molecular weight is 239 g/mol. The van der Waals surface area contributed by atoms with Crippen LogP contribution in [-0.2, 0) is 9.59 Å². The first-order chi connectivity index (χ1) is 7.58. The number of hydrogen-bond acceptors (Lipinski definition) is 3. The number of thioether (sulfide) groups is 1. The summed E-state index contributed by atoms with van der Waals surface area (Å²) in [5.41, 5.74) is 0.745. The lowest BCUT2D eigenvalue weighted by molar-refractivity contribution is -0.136. The van der Waals surface area contributed by atoms with Gasteiger partial charge in [-0.2, -0.15) is 0 Å². The predicted molar refractivity (Wildman–Crippen MR) is 63.7 cm³/mol. The van der Waals surface area contributed by atoms with E-state index in [0.29, 0.717) is 5.75 Å². The van der Waals surface area contributed by atoms with Crippen molar-refractivity contribution in [1.82, 2.24) is 0 Å². The number of carbonyl (C=O) groups is 2. The van der Waals surface area contributed by atoms with Gasteiger partial charge in [0.25, 0.3) is 0 Å². The molecule has 1 amide bonds. The van der Waals surface area contributed by atoms with E-state index in [1.165, 1.54) is 18.7 Å². The molecule has 4 nitrogen and oxygen atoms in total. The van der Waals surface area contributed by atoms with Crippen molar-refractivity contribution in [3.05, 3.63) is 24.3 Å². The number of nitrogens with one attached hydrogen (secondary N) is 1. The summed E-state index contributed by atoms with van der Waals surface area (Å²) in [7, 11) is 0. The Kier molecular flexibility index (Phi) is 4.85. The van der Waals surface area contributed by atoms with Gasteiger partial charge >= 0.3 is 5.97 Å². The van der Waals surface area contributed by atoms with Gasteiger partial charge in [0.05, 0.1) is 6.42 Å². The summed E-state index contributed by atoms with van der Waals surface area (Å²) in [4.78, 5) is 22.1. The molecule has 0 aliphatic heterocycles. The summed E-state index contributed by atoms with van der Waals surface area (Å²) < 4.78 is 0. The largest absolute Gasteiger partial charge is 0.481 e. The fourth-order valence-electron chi connectivity index (χ4n) is 1.09. The lowest BCUT2D eigenvalue weighted by atomic mass is 10.3.